The Morgan fingerprint density at radius 2 is 2.08 bits per heavy atom. The highest BCUT2D eigenvalue weighted by Crippen LogP contribution is 2.24. The molecule has 0 aliphatic carbocycles. The average molecular weight is 180 g/mol. The molecule has 0 saturated heterocycles. The van der Waals surface area contributed by atoms with Crippen LogP contribution in [0, 0.1) is 11.3 Å². The topological polar surface area (TPSA) is 23.8 Å². The first-order valence-electron chi connectivity index (χ1n) is 3.73. The van der Waals surface area contributed by atoms with E-state index in [0.29, 0.717) is 5.02 Å². The highest BCUT2D eigenvalue weighted by molar-refractivity contribution is 6.30. The van der Waals surface area contributed by atoms with Crippen molar-refractivity contribution in [3.05, 3.63) is 34.9 Å². The second kappa shape index (κ2) is 3.16. The number of benzene rings is 1. The van der Waals surface area contributed by atoms with Crippen LogP contribution in [0.2, 0.25) is 5.02 Å². The standard InChI is InChI=1S/C10H10ClN/c1-10(2,7-12)8-4-3-5-9(11)6-8/h3-6H,1-2H3. The maximum absolute atomic E-state index is 8.85. The van der Waals surface area contributed by atoms with Gasteiger partial charge in [0.1, 0.15) is 0 Å². The molecule has 0 N–H and O–H groups in total. The molecule has 0 unspecified atom stereocenters. The van der Waals surface area contributed by atoms with Crippen LogP contribution in [0.25, 0.3) is 0 Å². The predicted octanol–water partition coefficient (Wildman–Crippen LogP) is 3.14. The molecule has 0 radical (unpaired) electrons. The second-order valence-electron chi connectivity index (χ2n) is 3.25. The van der Waals surface area contributed by atoms with Gasteiger partial charge in [-0.2, -0.15) is 5.26 Å². The SMILES string of the molecule is CC(C)(C#N)c1cccc(Cl)c1. The first-order valence-corrected chi connectivity index (χ1v) is 4.11. The van der Waals surface area contributed by atoms with Gasteiger partial charge in [0.25, 0.3) is 0 Å². The molecule has 1 rings (SSSR count). The molecular weight excluding hydrogens is 170 g/mol. The fourth-order valence-corrected chi connectivity index (χ4v) is 1.13. The van der Waals surface area contributed by atoms with Crippen molar-refractivity contribution >= 4 is 11.6 Å². The largest absolute Gasteiger partial charge is 0.197 e. The minimum absolute atomic E-state index is 0.453. The van der Waals surface area contributed by atoms with Crippen molar-refractivity contribution in [3.63, 3.8) is 0 Å². The first-order chi connectivity index (χ1) is 5.56. The lowest BCUT2D eigenvalue weighted by molar-refractivity contribution is 0.687. The monoisotopic (exact) mass is 179 g/mol. The molecule has 0 saturated carbocycles. The molecular formula is C10H10ClN. The second-order valence-corrected chi connectivity index (χ2v) is 3.68. The quantitative estimate of drug-likeness (QED) is 0.650. The zero-order valence-electron chi connectivity index (χ0n) is 7.13. The van der Waals surface area contributed by atoms with Crippen molar-refractivity contribution in [2.75, 3.05) is 0 Å². The molecule has 2 heteroatoms. The van der Waals surface area contributed by atoms with Gasteiger partial charge in [-0.05, 0) is 31.5 Å². The van der Waals surface area contributed by atoms with Crippen LogP contribution in [0.3, 0.4) is 0 Å². The Bertz CT molecular complexity index is 323. The Balaban J connectivity index is 3.14. The lowest BCUT2D eigenvalue weighted by atomic mass is 9.86. The highest BCUT2D eigenvalue weighted by Gasteiger charge is 2.19. The van der Waals surface area contributed by atoms with E-state index in [-0.39, 0.29) is 0 Å². The Morgan fingerprint density at radius 1 is 1.42 bits per heavy atom. The lowest BCUT2D eigenvalue weighted by Crippen LogP contribution is -2.13. The summed E-state index contributed by atoms with van der Waals surface area (Å²) in [6.45, 7) is 3.75. The molecule has 0 bridgehead atoms. The average Bonchev–Trinajstić information content (AvgIpc) is 2.05. The van der Waals surface area contributed by atoms with Gasteiger partial charge >= 0.3 is 0 Å². The van der Waals surface area contributed by atoms with Gasteiger partial charge < -0.3 is 0 Å². The van der Waals surface area contributed by atoms with E-state index in [1.54, 1.807) is 6.07 Å². The first kappa shape index (κ1) is 9.09. The third-order valence-electron chi connectivity index (χ3n) is 1.83. The number of hydrogen-bond donors (Lipinski definition) is 0. The van der Waals surface area contributed by atoms with Crippen LogP contribution in [0.1, 0.15) is 19.4 Å². The fraction of sp³-hybridized carbons (Fsp3) is 0.300. The number of rotatable bonds is 1. The molecule has 0 aliphatic heterocycles. The van der Waals surface area contributed by atoms with Crippen LogP contribution >= 0.6 is 11.6 Å². The van der Waals surface area contributed by atoms with Crippen LogP contribution in [0.5, 0.6) is 0 Å². The zero-order valence-corrected chi connectivity index (χ0v) is 7.89. The maximum Gasteiger partial charge on any atom is 0.0766 e. The summed E-state index contributed by atoms with van der Waals surface area (Å²) in [5.41, 5.74) is 0.503. The zero-order chi connectivity index (χ0) is 9.19. The van der Waals surface area contributed by atoms with Crippen LogP contribution in [-0.4, -0.2) is 0 Å². The van der Waals surface area contributed by atoms with E-state index in [2.05, 4.69) is 6.07 Å². The molecule has 62 valence electrons. The Kier molecular flexibility index (Phi) is 2.40. The van der Waals surface area contributed by atoms with E-state index in [1.807, 2.05) is 32.0 Å². The van der Waals surface area contributed by atoms with Crippen LogP contribution in [0.15, 0.2) is 24.3 Å². The maximum atomic E-state index is 8.85. The summed E-state index contributed by atoms with van der Waals surface area (Å²) >= 11 is 5.80. The van der Waals surface area contributed by atoms with Gasteiger partial charge in [0, 0.05) is 5.02 Å². The van der Waals surface area contributed by atoms with E-state index in [9.17, 15) is 0 Å². The molecule has 0 spiro atoms. The molecule has 1 nitrogen and oxygen atoms in total. The molecule has 0 aromatic heterocycles. The van der Waals surface area contributed by atoms with Crippen molar-refractivity contribution < 1.29 is 0 Å². The van der Waals surface area contributed by atoms with E-state index in [0.717, 1.165) is 5.56 Å². The van der Waals surface area contributed by atoms with Gasteiger partial charge in [-0.15, -0.1) is 0 Å². The molecule has 0 aliphatic rings. The summed E-state index contributed by atoms with van der Waals surface area (Å²) in [5, 5.41) is 9.52. The van der Waals surface area contributed by atoms with Crippen molar-refractivity contribution in [1.29, 1.82) is 5.26 Å². The van der Waals surface area contributed by atoms with Crippen LogP contribution in [0.4, 0.5) is 0 Å². The van der Waals surface area contributed by atoms with Gasteiger partial charge in [-0.25, -0.2) is 0 Å². The molecule has 1 aromatic rings. The normalized spacial score (nSPS) is 10.8. The molecule has 0 heterocycles. The summed E-state index contributed by atoms with van der Waals surface area (Å²) < 4.78 is 0. The fourth-order valence-electron chi connectivity index (χ4n) is 0.942. The van der Waals surface area contributed by atoms with Gasteiger partial charge in [-0.1, -0.05) is 23.7 Å². The molecule has 1 aromatic carbocycles. The molecule has 0 amide bonds. The number of nitriles is 1. The van der Waals surface area contributed by atoms with Crippen LogP contribution < -0.4 is 0 Å². The minimum atomic E-state index is -0.453. The molecule has 0 atom stereocenters. The van der Waals surface area contributed by atoms with Gasteiger partial charge in [0.15, 0.2) is 0 Å². The summed E-state index contributed by atoms with van der Waals surface area (Å²) in [7, 11) is 0. The Hall–Kier alpha value is -1.00. The summed E-state index contributed by atoms with van der Waals surface area (Å²) in [6.07, 6.45) is 0. The highest BCUT2D eigenvalue weighted by atomic mass is 35.5. The van der Waals surface area contributed by atoms with E-state index in [4.69, 9.17) is 16.9 Å². The number of hydrogen-bond acceptors (Lipinski definition) is 1. The third kappa shape index (κ3) is 1.78. The Morgan fingerprint density at radius 3 is 2.58 bits per heavy atom. The van der Waals surface area contributed by atoms with Crippen molar-refractivity contribution in [1.82, 2.24) is 0 Å². The van der Waals surface area contributed by atoms with E-state index in [1.165, 1.54) is 0 Å². The predicted molar refractivity (Wildman–Crippen MR) is 50.1 cm³/mol. The van der Waals surface area contributed by atoms with Crippen molar-refractivity contribution in [2.24, 2.45) is 0 Å². The van der Waals surface area contributed by atoms with Gasteiger partial charge in [0.2, 0.25) is 0 Å². The van der Waals surface area contributed by atoms with E-state index >= 15 is 0 Å². The van der Waals surface area contributed by atoms with Crippen molar-refractivity contribution in [3.8, 4) is 6.07 Å². The summed E-state index contributed by atoms with van der Waals surface area (Å²) in [5.74, 6) is 0. The summed E-state index contributed by atoms with van der Waals surface area (Å²) in [6, 6.07) is 9.62. The minimum Gasteiger partial charge on any atom is -0.197 e. The lowest BCUT2D eigenvalue weighted by Gasteiger charge is -2.15. The third-order valence-corrected chi connectivity index (χ3v) is 2.06. The summed E-state index contributed by atoms with van der Waals surface area (Å²) in [4.78, 5) is 0. The Labute approximate surface area is 77.6 Å². The molecule has 12 heavy (non-hydrogen) atoms. The van der Waals surface area contributed by atoms with Gasteiger partial charge in [0.05, 0.1) is 11.5 Å². The van der Waals surface area contributed by atoms with E-state index < -0.39 is 5.41 Å². The number of nitrogens with zero attached hydrogens (tertiary/aromatic N) is 1. The van der Waals surface area contributed by atoms with Gasteiger partial charge in [-0.3, -0.25) is 0 Å². The smallest absolute Gasteiger partial charge is 0.0766 e. The van der Waals surface area contributed by atoms with Crippen molar-refractivity contribution in [2.45, 2.75) is 19.3 Å². The molecule has 0 fully saturated rings. The van der Waals surface area contributed by atoms with Crippen LogP contribution in [-0.2, 0) is 5.41 Å². The number of halogens is 1.